The third-order valence-corrected chi connectivity index (χ3v) is 13.2. The minimum Gasteiger partial charge on any atom is -0.477 e. The predicted octanol–water partition coefficient (Wildman–Crippen LogP) is 18.3. The summed E-state index contributed by atoms with van der Waals surface area (Å²) in [6.07, 6.45) is 72.3. The van der Waals surface area contributed by atoms with Crippen molar-refractivity contribution in [3.8, 4) is 0 Å². The molecule has 0 saturated heterocycles. The highest BCUT2D eigenvalue weighted by Crippen LogP contribution is 2.17. The lowest BCUT2D eigenvalue weighted by Gasteiger charge is -2.25. The van der Waals surface area contributed by atoms with E-state index in [9.17, 15) is 19.5 Å². The Morgan fingerprint density at radius 2 is 0.760 bits per heavy atom. The van der Waals surface area contributed by atoms with Crippen LogP contribution in [0.25, 0.3) is 0 Å². The smallest absolute Gasteiger partial charge is 0.361 e. The normalized spacial score (nSPS) is 13.3. The number of ether oxygens (including phenoxy) is 4. The van der Waals surface area contributed by atoms with Gasteiger partial charge in [-0.3, -0.25) is 9.59 Å². The summed E-state index contributed by atoms with van der Waals surface area (Å²) >= 11 is 0. The zero-order valence-electron chi connectivity index (χ0n) is 49.2. The first-order valence-corrected chi connectivity index (χ1v) is 30.8. The molecule has 0 aromatic heterocycles. The van der Waals surface area contributed by atoms with Crippen molar-refractivity contribution < 1.29 is 42.9 Å². The molecule has 0 aliphatic rings. The van der Waals surface area contributed by atoms with Gasteiger partial charge in [-0.05, 0) is 70.6 Å². The number of nitrogens with zero attached hydrogens (tertiary/aromatic N) is 1. The summed E-state index contributed by atoms with van der Waals surface area (Å²) in [5, 5.41) is 9.72. The first-order valence-electron chi connectivity index (χ1n) is 30.8. The summed E-state index contributed by atoms with van der Waals surface area (Å²) in [7, 11) is 5.97. The monoisotopic (exact) mass is 1050 g/mol. The number of carbonyl (C=O) groups is 3. The van der Waals surface area contributed by atoms with Crippen molar-refractivity contribution in [3.63, 3.8) is 0 Å². The molecule has 0 aromatic carbocycles. The van der Waals surface area contributed by atoms with E-state index in [1.54, 1.807) is 0 Å². The van der Waals surface area contributed by atoms with Gasteiger partial charge < -0.3 is 28.5 Å². The highest BCUT2D eigenvalue weighted by molar-refractivity contribution is 5.71. The molecule has 0 aliphatic heterocycles. The Hall–Kier alpha value is -3.53. The number of hydrogen-bond acceptors (Lipinski definition) is 7. The van der Waals surface area contributed by atoms with Crippen molar-refractivity contribution in [3.05, 3.63) is 85.1 Å². The molecule has 1 N–H and O–H groups in total. The highest BCUT2D eigenvalue weighted by atomic mass is 16.7. The second-order valence-electron chi connectivity index (χ2n) is 21.6. The summed E-state index contributed by atoms with van der Waals surface area (Å²) in [6.45, 7) is 4.77. The van der Waals surface area contributed by atoms with Gasteiger partial charge in [-0.25, -0.2) is 4.79 Å². The first-order chi connectivity index (χ1) is 36.6. The summed E-state index contributed by atoms with van der Waals surface area (Å²) in [4.78, 5) is 37.5. The maximum absolute atomic E-state index is 12.9. The molecule has 9 nitrogen and oxygen atoms in total. The summed E-state index contributed by atoms with van der Waals surface area (Å²) in [5.74, 6) is -2.01. The van der Waals surface area contributed by atoms with Crippen LogP contribution in [0.15, 0.2) is 85.1 Å². The van der Waals surface area contributed by atoms with Gasteiger partial charge in [0.05, 0.1) is 34.4 Å². The number of allylic oxidation sites excluding steroid dienone is 14. The third-order valence-electron chi connectivity index (χ3n) is 13.2. The second-order valence-corrected chi connectivity index (χ2v) is 21.6. The standard InChI is InChI=1S/C66H115NO8/c1-6-8-10-12-14-16-18-20-22-24-26-28-29-30-31-32-33-34-35-37-39-41-43-45-47-49-51-53-55-57-64(69)75-62(61-74-66(65(70)71)72-59-58-67(3,4)5)60-73-63(68)56-54-52-50-48-46-44-42-40-38-36-27-25-23-21-19-17-15-13-11-9-7-2/h8,10,14,16,20,22,26,28,30-31,33-34,37,39,62,66H,6-7,9,11-13,15,17-19,21,23-25,27,29,32,35-36,38,40-61H2,1-5H3/p+1/b10-8-,16-14-,22-20-,28-26-,31-30-,34-33-,39-37-. The number of rotatable bonds is 56. The number of esters is 2. The molecule has 9 heteroatoms. The van der Waals surface area contributed by atoms with Gasteiger partial charge in [0.15, 0.2) is 6.10 Å². The number of carbonyl (C=O) groups excluding carboxylic acids is 2. The zero-order chi connectivity index (χ0) is 54.8. The largest absolute Gasteiger partial charge is 0.477 e. The molecule has 0 spiro atoms. The van der Waals surface area contributed by atoms with E-state index in [4.69, 9.17) is 18.9 Å². The van der Waals surface area contributed by atoms with Crippen molar-refractivity contribution in [2.75, 3.05) is 47.5 Å². The lowest BCUT2D eigenvalue weighted by molar-refractivity contribution is -0.870. The lowest BCUT2D eigenvalue weighted by Crippen LogP contribution is -2.40. The summed E-state index contributed by atoms with van der Waals surface area (Å²) in [5.41, 5.74) is 0. The SMILES string of the molecule is CC/C=C\C/C=C\C/C=C\C/C=C\C/C=C\C/C=C\C/C=C\CCCCCCCCCC(=O)OC(COC(=O)CCCCCCCCCCCCCCCCCCCCCCC)COC(OCC[N+](C)(C)C)C(=O)O. The molecule has 432 valence electrons. The van der Waals surface area contributed by atoms with Gasteiger partial charge in [0.1, 0.15) is 13.2 Å². The molecule has 0 fully saturated rings. The molecule has 2 unspecified atom stereocenters. The van der Waals surface area contributed by atoms with Crippen LogP contribution in [-0.4, -0.2) is 87.4 Å². The molecule has 0 saturated carbocycles. The Kier molecular flexibility index (Phi) is 54.0. The molecule has 0 aliphatic carbocycles. The summed E-state index contributed by atoms with van der Waals surface area (Å²) in [6, 6.07) is 0. The van der Waals surface area contributed by atoms with Crippen molar-refractivity contribution >= 4 is 17.9 Å². The van der Waals surface area contributed by atoms with Crippen LogP contribution in [0.2, 0.25) is 0 Å². The number of quaternary nitrogens is 1. The highest BCUT2D eigenvalue weighted by Gasteiger charge is 2.25. The van der Waals surface area contributed by atoms with E-state index >= 15 is 0 Å². The number of carboxylic acids is 1. The van der Waals surface area contributed by atoms with Crippen LogP contribution in [0.5, 0.6) is 0 Å². The van der Waals surface area contributed by atoms with E-state index in [0.717, 1.165) is 89.9 Å². The number of aliphatic carboxylic acids is 1. The van der Waals surface area contributed by atoms with E-state index in [1.165, 1.54) is 135 Å². The molecule has 0 amide bonds. The minimum atomic E-state index is -1.52. The Bertz CT molecular complexity index is 1500. The van der Waals surface area contributed by atoms with Gasteiger partial charge >= 0.3 is 17.9 Å². The number of unbranched alkanes of at least 4 members (excludes halogenated alkanes) is 27. The van der Waals surface area contributed by atoms with Crippen molar-refractivity contribution in [1.29, 1.82) is 0 Å². The molecular weight excluding hydrogens is 935 g/mol. The first kappa shape index (κ1) is 71.5. The number of likely N-dealkylation sites (N-methyl/N-ethyl adjacent to an activating group) is 1. The fourth-order valence-electron chi connectivity index (χ4n) is 8.47. The maximum atomic E-state index is 12.9. The minimum absolute atomic E-state index is 0.183. The third kappa shape index (κ3) is 58.0. The number of carboxylic acid groups (broad SMARTS) is 1. The van der Waals surface area contributed by atoms with Crippen LogP contribution in [0.4, 0.5) is 0 Å². The Labute approximate surface area is 461 Å². The average molecular weight is 1050 g/mol. The Morgan fingerprint density at radius 1 is 0.413 bits per heavy atom. The molecular formula is C66H116NO8+. The van der Waals surface area contributed by atoms with Gasteiger partial charge in [0.25, 0.3) is 6.29 Å². The Balaban J connectivity index is 4.25. The van der Waals surface area contributed by atoms with Crippen LogP contribution in [-0.2, 0) is 33.3 Å². The molecule has 0 heterocycles. The van der Waals surface area contributed by atoms with E-state index < -0.39 is 24.3 Å². The molecule has 75 heavy (non-hydrogen) atoms. The molecule has 0 radical (unpaired) electrons. The van der Waals surface area contributed by atoms with Crippen molar-refractivity contribution in [2.45, 2.75) is 270 Å². The average Bonchev–Trinajstić information content (AvgIpc) is 3.38. The van der Waals surface area contributed by atoms with Crippen LogP contribution < -0.4 is 0 Å². The molecule has 0 bridgehead atoms. The van der Waals surface area contributed by atoms with E-state index in [-0.39, 0.29) is 32.2 Å². The number of hydrogen-bond donors (Lipinski definition) is 1. The van der Waals surface area contributed by atoms with E-state index in [1.807, 2.05) is 21.1 Å². The predicted molar refractivity (Wildman–Crippen MR) is 318 cm³/mol. The van der Waals surface area contributed by atoms with E-state index in [0.29, 0.717) is 23.9 Å². The van der Waals surface area contributed by atoms with E-state index in [2.05, 4.69) is 98.9 Å². The Morgan fingerprint density at radius 3 is 1.13 bits per heavy atom. The van der Waals surface area contributed by atoms with Gasteiger partial charge in [-0.1, -0.05) is 259 Å². The fraction of sp³-hybridized carbons (Fsp3) is 0.742. The summed E-state index contributed by atoms with van der Waals surface area (Å²) < 4.78 is 22.9. The lowest BCUT2D eigenvalue weighted by atomic mass is 10.0. The van der Waals surface area contributed by atoms with Gasteiger partial charge in [0, 0.05) is 12.8 Å². The second kappa shape index (κ2) is 56.7. The van der Waals surface area contributed by atoms with Crippen LogP contribution in [0, 0.1) is 0 Å². The van der Waals surface area contributed by atoms with Crippen LogP contribution in [0.3, 0.4) is 0 Å². The van der Waals surface area contributed by atoms with Crippen molar-refractivity contribution in [2.24, 2.45) is 0 Å². The van der Waals surface area contributed by atoms with Crippen molar-refractivity contribution in [1.82, 2.24) is 0 Å². The maximum Gasteiger partial charge on any atom is 0.361 e. The topological polar surface area (TPSA) is 108 Å². The van der Waals surface area contributed by atoms with Crippen LogP contribution in [0.1, 0.15) is 258 Å². The molecule has 2 atom stereocenters. The van der Waals surface area contributed by atoms with Gasteiger partial charge in [0.2, 0.25) is 0 Å². The van der Waals surface area contributed by atoms with Gasteiger partial charge in [-0.15, -0.1) is 0 Å². The molecule has 0 aromatic rings. The van der Waals surface area contributed by atoms with Gasteiger partial charge in [-0.2, -0.15) is 0 Å². The molecule has 0 rings (SSSR count). The fourth-order valence-corrected chi connectivity index (χ4v) is 8.47. The zero-order valence-corrected chi connectivity index (χ0v) is 49.2. The quantitative estimate of drug-likeness (QED) is 0.0211. The van der Waals surface area contributed by atoms with Crippen LogP contribution >= 0.6 is 0 Å².